The van der Waals surface area contributed by atoms with E-state index in [2.05, 4.69) is 52.1 Å². The lowest BCUT2D eigenvalue weighted by atomic mass is 9.93. The zero-order valence-electron chi connectivity index (χ0n) is 22.5. The topological polar surface area (TPSA) is 73.7 Å². The Morgan fingerprint density at radius 3 is 2.24 bits per heavy atom. The number of aromatic nitrogens is 2. The number of hydrogen-bond acceptors (Lipinski definition) is 5. The van der Waals surface area contributed by atoms with Crippen molar-refractivity contribution in [3.05, 3.63) is 58.3 Å². The van der Waals surface area contributed by atoms with E-state index in [0.717, 1.165) is 33.0 Å². The van der Waals surface area contributed by atoms with Gasteiger partial charge in [-0.25, -0.2) is 19.1 Å². The fourth-order valence-corrected chi connectivity index (χ4v) is 4.78. The maximum atomic E-state index is 12.6. The van der Waals surface area contributed by atoms with E-state index < -0.39 is 17.3 Å². The van der Waals surface area contributed by atoms with Crippen LogP contribution in [0, 0.1) is 6.92 Å². The second-order valence-electron chi connectivity index (χ2n) is 11.4. The number of pyridine rings is 1. The van der Waals surface area contributed by atoms with E-state index in [1.165, 1.54) is 15.7 Å². The molecule has 1 aliphatic rings. The molecule has 0 atom stereocenters. The summed E-state index contributed by atoms with van der Waals surface area (Å²) in [7, 11) is 0. The minimum atomic E-state index is -0.596. The van der Waals surface area contributed by atoms with Gasteiger partial charge in [0, 0.05) is 40.9 Å². The Morgan fingerprint density at radius 1 is 0.973 bits per heavy atom. The Morgan fingerprint density at radius 2 is 1.65 bits per heavy atom. The summed E-state index contributed by atoms with van der Waals surface area (Å²) in [6, 6.07) is 8.40. The predicted octanol–water partition coefficient (Wildman–Crippen LogP) is 7.58. The highest BCUT2D eigenvalue weighted by atomic mass is 79.9. The number of benzene rings is 1. The third kappa shape index (κ3) is 6.24. The molecule has 0 unspecified atom stereocenters. The van der Waals surface area contributed by atoms with E-state index in [0.29, 0.717) is 18.7 Å². The molecule has 7 nitrogen and oxygen atoms in total. The fraction of sp³-hybridized carbons (Fsp3) is 0.414. The number of ether oxygens (including phenoxy) is 2. The van der Waals surface area contributed by atoms with Crippen LogP contribution in [-0.2, 0) is 9.47 Å². The van der Waals surface area contributed by atoms with Crippen LogP contribution in [0.15, 0.2) is 47.2 Å². The maximum absolute atomic E-state index is 12.6. The van der Waals surface area contributed by atoms with Crippen LogP contribution in [0.3, 0.4) is 0 Å². The molecule has 2 aromatic heterocycles. The number of nitrogens with zero attached hydrogens (tertiary/aromatic N) is 3. The van der Waals surface area contributed by atoms with Gasteiger partial charge in [-0.2, -0.15) is 0 Å². The number of hydrogen-bond donors (Lipinski definition) is 0. The van der Waals surface area contributed by atoms with Crippen molar-refractivity contribution in [3.8, 4) is 11.1 Å². The molecule has 1 amide bonds. The van der Waals surface area contributed by atoms with Gasteiger partial charge >= 0.3 is 12.2 Å². The van der Waals surface area contributed by atoms with Crippen LogP contribution in [0.2, 0.25) is 0 Å². The highest BCUT2D eigenvalue weighted by Crippen LogP contribution is 2.33. The molecule has 3 aromatic rings. The molecule has 1 aromatic carbocycles. The standard InChI is InChI=1S/C29H34BrN3O4/c1-18-14-20(8-9-22(18)19-10-12-32(13-11-19)26(34)36-28(2,3)4)21-15-23-24(30)17-33(25(23)31-16-21)27(35)37-29(5,6)7/h8-10,14-17H,11-13H2,1-7H3. The van der Waals surface area contributed by atoms with E-state index in [4.69, 9.17) is 9.47 Å². The largest absolute Gasteiger partial charge is 0.444 e. The molecule has 0 spiro atoms. The number of amides is 1. The fourth-order valence-electron chi connectivity index (χ4n) is 4.29. The Labute approximate surface area is 226 Å². The summed E-state index contributed by atoms with van der Waals surface area (Å²) in [6.45, 7) is 14.4. The quantitative estimate of drug-likeness (QED) is 0.319. The van der Waals surface area contributed by atoms with Crippen molar-refractivity contribution in [2.45, 2.75) is 66.1 Å². The van der Waals surface area contributed by atoms with Crippen molar-refractivity contribution < 1.29 is 19.1 Å². The van der Waals surface area contributed by atoms with Crippen LogP contribution >= 0.6 is 15.9 Å². The highest BCUT2D eigenvalue weighted by molar-refractivity contribution is 9.10. The van der Waals surface area contributed by atoms with Gasteiger partial charge in [-0.3, -0.25) is 0 Å². The first-order valence-corrected chi connectivity index (χ1v) is 13.2. The van der Waals surface area contributed by atoms with Gasteiger partial charge in [0.2, 0.25) is 0 Å². The van der Waals surface area contributed by atoms with E-state index in [-0.39, 0.29) is 6.09 Å². The van der Waals surface area contributed by atoms with Gasteiger partial charge in [-0.05, 0) is 99.1 Å². The zero-order chi connectivity index (χ0) is 27.1. The van der Waals surface area contributed by atoms with Crippen LogP contribution in [0.5, 0.6) is 0 Å². The van der Waals surface area contributed by atoms with Crippen LogP contribution in [0.25, 0.3) is 27.7 Å². The van der Waals surface area contributed by atoms with Gasteiger partial charge in [0.15, 0.2) is 5.65 Å². The van der Waals surface area contributed by atoms with E-state index in [1.54, 1.807) is 17.3 Å². The van der Waals surface area contributed by atoms with Gasteiger partial charge < -0.3 is 14.4 Å². The molecule has 0 aliphatic carbocycles. The number of aryl methyl sites for hydroxylation is 1. The zero-order valence-corrected chi connectivity index (χ0v) is 24.1. The predicted molar refractivity (Wildman–Crippen MR) is 150 cm³/mol. The Kier molecular flexibility index (Phi) is 7.25. The molecule has 196 valence electrons. The van der Waals surface area contributed by atoms with E-state index >= 15 is 0 Å². The van der Waals surface area contributed by atoms with Gasteiger partial charge in [0.25, 0.3) is 0 Å². The van der Waals surface area contributed by atoms with Crippen molar-refractivity contribution in [3.63, 3.8) is 0 Å². The minimum Gasteiger partial charge on any atom is -0.444 e. The van der Waals surface area contributed by atoms with Crippen molar-refractivity contribution in [2.75, 3.05) is 13.1 Å². The molecule has 0 radical (unpaired) electrons. The Balaban J connectivity index is 1.55. The molecular formula is C29H34BrN3O4. The monoisotopic (exact) mass is 567 g/mol. The Hall–Kier alpha value is -3.13. The number of halogens is 1. The van der Waals surface area contributed by atoms with Gasteiger partial charge in [0.05, 0.1) is 0 Å². The summed E-state index contributed by atoms with van der Waals surface area (Å²) >= 11 is 3.57. The first-order chi connectivity index (χ1) is 17.2. The first-order valence-electron chi connectivity index (χ1n) is 12.4. The number of carbonyl (C=O) groups excluding carboxylic acids is 2. The molecule has 8 heteroatoms. The lowest BCUT2D eigenvalue weighted by Gasteiger charge is -2.30. The van der Waals surface area contributed by atoms with E-state index in [9.17, 15) is 9.59 Å². The maximum Gasteiger partial charge on any atom is 0.420 e. The van der Waals surface area contributed by atoms with Crippen LogP contribution in [-0.4, -0.2) is 50.9 Å². The summed E-state index contributed by atoms with van der Waals surface area (Å²) in [6.07, 6.45) is 5.62. The molecule has 1 aliphatic heterocycles. The highest BCUT2D eigenvalue weighted by Gasteiger charge is 2.25. The van der Waals surface area contributed by atoms with Gasteiger partial charge in [-0.1, -0.05) is 24.3 Å². The average Bonchev–Trinajstić information content (AvgIpc) is 3.13. The van der Waals surface area contributed by atoms with Crippen LogP contribution in [0.4, 0.5) is 9.59 Å². The average molecular weight is 569 g/mol. The number of fused-ring (bicyclic) bond motifs is 1. The molecule has 0 bridgehead atoms. The van der Waals surface area contributed by atoms with E-state index in [1.807, 2.05) is 47.6 Å². The van der Waals surface area contributed by atoms with Crippen molar-refractivity contribution >= 4 is 44.7 Å². The number of carbonyl (C=O) groups is 2. The molecule has 0 saturated heterocycles. The third-order valence-electron chi connectivity index (χ3n) is 5.95. The van der Waals surface area contributed by atoms with Crippen LogP contribution < -0.4 is 0 Å². The van der Waals surface area contributed by atoms with Crippen molar-refractivity contribution in [2.24, 2.45) is 0 Å². The molecule has 3 heterocycles. The third-order valence-corrected chi connectivity index (χ3v) is 6.58. The SMILES string of the molecule is Cc1cc(-c2cnc3c(c2)c(Br)cn3C(=O)OC(C)(C)C)ccc1C1=CCN(C(=O)OC(C)(C)C)CC1. The second kappa shape index (κ2) is 9.97. The molecular weight excluding hydrogens is 534 g/mol. The molecule has 37 heavy (non-hydrogen) atoms. The molecule has 0 fully saturated rings. The summed E-state index contributed by atoms with van der Waals surface area (Å²) < 4.78 is 13.2. The normalized spacial score (nSPS) is 14.5. The second-order valence-corrected chi connectivity index (χ2v) is 12.2. The van der Waals surface area contributed by atoms with Crippen molar-refractivity contribution in [1.82, 2.24) is 14.5 Å². The van der Waals surface area contributed by atoms with Gasteiger partial charge in [-0.15, -0.1) is 0 Å². The molecule has 4 rings (SSSR count). The van der Waals surface area contributed by atoms with Crippen molar-refractivity contribution in [1.29, 1.82) is 0 Å². The molecule has 0 saturated carbocycles. The van der Waals surface area contributed by atoms with Gasteiger partial charge in [0.1, 0.15) is 11.2 Å². The summed E-state index contributed by atoms with van der Waals surface area (Å²) in [4.78, 5) is 31.3. The molecule has 0 N–H and O–H groups in total. The smallest absolute Gasteiger partial charge is 0.420 e. The first kappa shape index (κ1) is 26.9. The Bertz CT molecular complexity index is 1390. The summed E-state index contributed by atoms with van der Waals surface area (Å²) in [5, 5.41) is 0.835. The summed E-state index contributed by atoms with van der Waals surface area (Å²) in [5.41, 5.74) is 5.01. The lowest BCUT2D eigenvalue weighted by Crippen LogP contribution is -2.39. The van der Waals surface area contributed by atoms with Crippen LogP contribution in [0.1, 0.15) is 59.1 Å². The minimum absolute atomic E-state index is 0.274. The summed E-state index contributed by atoms with van der Waals surface area (Å²) in [5.74, 6) is 0. The number of rotatable bonds is 2. The lowest BCUT2D eigenvalue weighted by molar-refractivity contribution is 0.0270.